The Kier molecular flexibility index (Phi) is 8.52. The van der Waals surface area contributed by atoms with Crippen molar-refractivity contribution in [1.82, 2.24) is 4.72 Å². The van der Waals surface area contributed by atoms with Gasteiger partial charge in [0.25, 0.3) is 15.9 Å². The molecule has 6 nitrogen and oxygen atoms in total. The third-order valence-electron chi connectivity index (χ3n) is 5.34. The quantitative estimate of drug-likeness (QED) is 0.340. The topological polar surface area (TPSA) is 92.3 Å². The van der Waals surface area contributed by atoms with Crippen LogP contribution in [0.15, 0.2) is 77.7 Å². The van der Waals surface area contributed by atoms with E-state index in [-0.39, 0.29) is 16.9 Å². The number of rotatable bonds is 9. The van der Waals surface area contributed by atoms with E-state index in [1.54, 1.807) is 18.2 Å². The Morgan fingerprint density at radius 2 is 1.56 bits per heavy atom. The number of hydrogen-bond acceptors (Lipinski definition) is 4. The second kappa shape index (κ2) is 11.4. The van der Waals surface area contributed by atoms with E-state index in [0.717, 1.165) is 25.0 Å². The minimum atomic E-state index is -4.47. The molecule has 2 N–H and O–H groups in total. The highest BCUT2D eigenvalue weighted by molar-refractivity contribution is 7.90. The number of nitrogens with one attached hydrogen (secondary N) is 2. The fourth-order valence-corrected chi connectivity index (χ4v) is 4.72. The van der Waals surface area contributed by atoms with Crippen molar-refractivity contribution >= 4 is 27.5 Å². The molecule has 0 radical (unpaired) electrons. The summed E-state index contributed by atoms with van der Waals surface area (Å²) in [5.74, 6) is -1.37. The highest BCUT2D eigenvalue weighted by atomic mass is 32.2. The fourth-order valence-electron chi connectivity index (χ4n) is 3.50. The number of hydrogen-bond donors (Lipinski definition) is 2. The van der Waals surface area contributed by atoms with Crippen molar-refractivity contribution < 1.29 is 31.2 Å². The van der Waals surface area contributed by atoms with Gasteiger partial charge in [0.05, 0.1) is 11.1 Å². The van der Waals surface area contributed by atoms with E-state index in [2.05, 4.69) is 5.32 Å². The summed E-state index contributed by atoms with van der Waals surface area (Å²) in [6.07, 6.45) is -2.19. The molecule has 3 rings (SSSR count). The first-order chi connectivity index (χ1) is 17.0. The van der Waals surface area contributed by atoms with E-state index < -0.39 is 33.6 Å². The SMILES string of the molecule is CCCCCC(=O)NS(=O)(=O)c1ccccc1C(=O)Nc1ccc(-c2cccc(C(F)(F)F)c2)cc1. The Hall–Kier alpha value is -3.66. The normalized spacial score (nSPS) is 11.7. The molecule has 0 heterocycles. The lowest BCUT2D eigenvalue weighted by atomic mass is 10.0. The molecule has 3 aromatic carbocycles. The number of carbonyl (C=O) groups excluding carboxylic acids is 2. The van der Waals surface area contributed by atoms with E-state index >= 15 is 0 Å². The molecule has 190 valence electrons. The van der Waals surface area contributed by atoms with Crippen molar-refractivity contribution in [3.63, 3.8) is 0 Å². The monoisotopic (exact) mass is 518 g/mol. The molecule has 0 fully saturated rings. The van der Waals surface area contributed by atoms with Gasteiger partial charge in [0.15, 0.2) is 0 Å². The molecule has 0 bridgehead atoms. The molecule has 0 aliphatic carbocycles. The third-order valence-corrected chi connectivity index (χ3v) is 6.77. The van der Waals surface area contributed by atoms with Gasteiger partial charge in [-0.15, -0.1) is 0 Å². The van der Waals surface area contributed by atoms with E-state index in [1.165, 1.54) is 42.5 Å². The van der Waals surface area contributed by atoms with E-state index in [1.807, 2.05) is 11.6 Å². The van der Waals surface area contributed by atoms with E-state index in [9.17, 15) is 31.2 Å². The number of benzene rings is 3. The van der Waals surface area contributed by atoms with Gasteiger partial charge in [-0.25, -0.2) is 13.1 Å². The average molecular weight is 519 g/mol. The molecule has 36 heavy (non-hydrogen) atoms. The van der Waals surface area contributed by atoms with Crippen molar-refractivity contribution in [2.45, 2.75) is 43.7 Å². The highest BCUT2D eigenvalue weighted by Crippen LogP contribution is 2.32. The van der Waals surface area contributed by atoms with Crippen molar-refractivity contribution in [2.24, 2.45) is 0 Å². The van der Waals surface area contributed by atoms with Crippen LogP contribution in [-0.4, -0.2) is 20.2 Å². The zero-order valence-electron chi connectivity index (χ0n) is 19.4. The summed E-state index contributed by atoms with van der Waals surface area (Å²) in [7, 11) is -4.28. The number of amides is 2. The molecule has 0 spiro atoms. The predicted molar refractivity (Wildman–Crippen MR) is 131 cm³/mol. The lowest BCUT2D eigenvalue weighted by molar-refractivity contribution is -0.137. The maximum atomic E-state index is 13.0. The molecule has 0 aromatic heterocycles. The van der Waals surface area contributed by atoms with Crippen LogP contribution in [0.1, 0.15) is 48.5 Å². The summed E-state index contributed by atoms with van der Waals surface area (Å²) in [6.45, 7) is 1.96. The van der Waals surface area contributed by atoms with Crippen molar-refractivity contribution in [3.8, 4) is 11.1 Å². The summed E-state index contributed by atoms with van der Waals surface area (Å²) >= 11 is 0. The van der Waals surface area contributed by atoms with Crippen molar-refractivity contribution in [3.05, 3.63) is 83.9 Å². The minimum Gasteiger partial charge on any atom is -0.322 e. The van der Waals surface area contributed by atoms with Crippen LogP contribution in [0.4, 0.5) is 18.9 Å². The smallest absolute Gasteiger partial charge is 0.322 e. The maximum absolute atomic E-state index is 13.0. The first-order valence-corrected chi connectivity index (χ1v) is 12.7. The van der Waals surface area contributed by atoms with Gasteiger partial charge in [0.1, 0.15) is 4.90 Å². The lowest BCUT2D eigenvalue weighted by Gasteiger charge is -2.12. The first-order valence-electron chi connectivity index (χ1n) is 11.2. The summed E-state index contributed by atoms with van der Waals surface area (Å²) in [5, 5.41) is 2.58. The minimum absolute atomic E-state index is 0.0552. The van der Waals surface area contributed by atoms with Gasteiger partial charge < -0.3 is 5.32 Å². The number of halogens is 3. The first kappa shape index (κ1) is 26.9. The molecule has 10 heteroatoms. The maximum Gasteiger partial charge on any atom is 0.416 e. The molecule has 0 aliphatic heterocycles. The summed E-state index contributed by atoms with van der Waals surface area (Å²) in [4.78, 5) is 24.6. The Morgan fingerprint density at radius 1 is 0.861 bits per heavy atom. The van der Waals surface area contributed by atoms with Crippen LogP contribution in [0.2, 0.25) is 0 Å². The summed E-state index contributed by atoms with van der Waals surface area (Å²) in [6, 6.07) is 16.5. The lowest BCUT2D eigenvalue weighted by Crippen LogP contribution is -2.32. The Labute approximate surface area is 207 Å². The molecule has 0 unspecified atom stereocenters. The van der Waals surface area contributed by atoms with Crippen LogP contribution in [-0.2, 0) is 21.0 Å². The molecule has 0 saturated carbocycles. The fraction of sp³-hybridized carbons (Fsp3) is 0.231. The van der Waals surface area contributed by atoms with Crippen LogP contribution < -0.4 is 10.0 Å². The Bertz CT molecular complexity index is 1340. The number of anilines is 1. The number of alkyl halides is 3. The number of carbonyl (C=O) groups is 2. The molecule has 3 aromatic rings. The largest absolute Gasteiger partial charge is 0.416 e. The van der Waals surface area contributed by atoms with Crippen LogP contribution in [0.25, 0.3) is 11.1 Å². The zero-order valence-corrected chi connectivity index (χ0v) is 20.2. The van der Waals surface area contributed by atoms with Crippen molar-refractivity contribution in [1.29, 1.82) is 0 Å². The zero-order chi connectivity index (χ0) is 26.3. The van der Waals surface area contributed by atoms with E-state index in [4.69, 9.17) is 0 Å². The molecule has 0 atom stereocenters. The van der Waals surface area contributed by atoms with Crippen LogP contribution >= 0.6 is 0 Å². The molecular formula is C26H25F3N2O4S. The van der Waals surface area contributed by atoms with Gasteiger partial charge in [-0.2, -0.15) is 13.2 Å². The van der Waals surface area contributed by atoms with Crippen LogP contribution in [0.3, 0.4) is 0 Å². The van der Waals surface area contributed by atoms with Crippen LogP contribution in [0, 0.1) is 0 Å². The van der Waals surface area contributed by atoms with Gasteiger partial charge >= 0.3 is 6.18 Å². The molecule has 0 aliphatic rings. The third kappa shape index (κ3) is 6.94. The van der Waals surface area contributed by atoms with Crippen molar-refractivity contribution in [2.75, 3.05) is 5.32 Å². The van der Waals surface area contributed by atoms with Crippen LogP contribution in [0.5, 0.6) is 0 Å². The second-order valence-electron chi connectivity index (χ2n) is 8.09. The molecule has 2 amide bonds. The molecule has 0 saturated heterocycles. The van der Waals surface area contributed by atoms with Gasteiger partial charge in [0.2, 0.25) is 5.91 Å². The summed E-state index contributed by atoms with van der Waals surface area (Å²) in [5.41, 5.74) is 0.245. The Morgan fingerprint density at radius 3 is 2.22 bits per heavy atom. The Balaban J connectivity index is 1.76. The predicted octanol–water partition coefficient (Wildman–Crippen LogP) is 6.01. The van der Waals surface area contributed by atoms with Gasteiger partial charge in [-0.1, -0.05) is 56.2 Å². The van der Waals surface area contributed by atoms with Gasteiger partial charge in [0, 0.05) is 12.1 Å². The van der Waals surface area contributed by atoms with Gasteiger partial charge in [-0.3, -0.25) is 9.59 Å². The number of sulfonamides is 1. The average Bonchev–Trinajstić information content (AvgIpc) is 2.84. The highest BCUT2D eigenvalue weighted by Gasteiger charge is 2.30. The van der Waals surface area contributed by atoms with Gasteiger partial charge in [-0.05, 0) is 53.9 Å². The van der Waals surface area contributed by atoms with E-state index in [0.29, 0.717) is 23.2 Å². The standard InChI is InChI=1S/C26H25F3N2O4S/c1-2-3-4-12-24(32)31-36(34,35)23-11-6-5-10-22(23)25(33)30-21-15-13-18(14-16-21)19-8-7-9-20(17-19)26(27,28)29/h5-11,13-17H,2-4,12H2,1H3,(H,30,33)(H,31,32). The summed E-state index contributed by atoms with van der Waals surface area (Å²) < 4.78 is 66.5. The second-order valence-corrected chi connectivity index (χ2v) is 9.74. The molecular weight excluding hydrogens is 493 g/mol. The number of unbranched alkanes of at least 4 members (excludes halogenated alkanes) is 2.